The molecule has 1 saturated carbocycles. The van der Waals surface area contributed by atoms with Crippen molar-refractivity contribution in [2.24, 2.45) is 16.6 Å². The van der Waals surface area contributed by atoms with E-state index < -0.39 is 18.2 Å². The predicted molar refractivity (Wildman–Crippen MR) is 157 cm³/mol. The van der Waals surface area contributed by atoms with Crippen molar-refractivity contribution in [2.45, 2.75) is 76.0 Å². The van der Waals surface area contributed by atoms with Crippen molar-refractivity contribution in [1.82, 2.24) is 10.6 Å². The maximum Gasteiger partial charge on any atom is 0.490 e. The Morgan fingerprint density at radius 1 is 1.02 bits per heavy atom. The van der Waals surface area contributed by atoms with Crippen molar-refractivity contribution in [1.29, 1.82) is 0 Å². The van der Waals surface area contributed by atoms with Crippen LogP contribution in [0.5, 0.6) is 11.5 Å². The van der Waals surface area contributed by atoms with Crippen LogP contribution in [0.25, 0.3) is 0 Å². The van der Waals surface area contributed by atoms with Gasteiger partial charge in [0, 0.05) is 0 Å². The topological polar surface area (TPSA) is 152 Å². The minimum atomic E-state index is -5.08. The van der Waals surface area contributed by atoms with Crippen LogP contribution in [0.3, 0.4) is 0 Å². The third kappa shape index (κ3) is 10.2. The number of guanidine groups is 1. The molecule has 2 aromatic carbocycles. The molecular weight excluding hydrogens is 581 g/mol. The fourth-order valence-electron chi connectivity index (χ4n) is 5.50. The van der Waals surface area contributed by atoms with Gasteiger partial charge >= 0.3 is 12.1 Å². The van der Waals surface area contributed by atoms with Gasteiger partial charge in [0.1, 0.15) is 6.04 Å². The number of ether oxygens (including phenoxy) is 2. The standard InChI is InChI=1S/C29H38N4O4.C2HF3O2/c1-36-25-15-12-20(17-26(25)37-2)18-27(34)33-29(30)32-24(16-19-8-4-3-5-9-19)28(35)31-23-14-13-21-10-6-7-11-22(21)23;3-2(4,5)1(6)7/h6-7,10-12,15,17,19,23-24H,3-5,8-9,13-14,16,18H2,1-2H3,(H,31,35)(H3,30,32,33,34);(H,6,7)/t23-,24+;/m0./s1. The maximum absolute atomic E-state index is 13.4. The van der Waals surface area contributed by atoms with Gasteiger partial charge in [0.05, 0.1) is 26.7 Å². The number of carboxylic acids is 1. The molecule has 44 heavy (non-hydrogen) atoms. The molecule has 2 amide bonds. The highest BCUT2D eigenvalue weighted by molar-refractivity contribution is 5.98. The van der Waals surface area contributed by atoms with E-state index in [-0.39, 0.29) is 30.2 Å². The highest BCUT2D eigenvalue weighted by Gasteiger charge is 2.38. The fraction of sp³-hybridized carbons (Fsp3) is 0.484. The van der Waals surface area contributed by atoms with Crippen LogP contribution in [0.2, 0.25) is 0 Å². The summed E-state index contributed by atoms with van der Waals surface area (Å²) in [6.45, 7) is 0. The molecule has 2 atom stereocenters. The van der Waals surface area contributed by atoms with Crippen LogP contribution in [0.4, 0.5) is 13.2 Å². The summed E-state index contributed by atoms with van der Waals surface area (Å²) < 4.78 is 42.3. The van der Waals surface area contributed by atoms with E-state index in [0.29, 0.717) is 23.8 Å². The van der Waals surface area contributed by atoms with Crippen molar-refractivity contribution in [2.75, 3.05) is 14.2 Å². The number of methoxy groups -OCH3 is 2. The molecule has 2 aromatic rings. The number of halogens is 3. The Hall–Kier alpha value is -4.29. The molecule has 0 heterocycles. The highest BCUT2D eigenvalue weighted by Crippen LogP contribution is 2.32. The Balaban J connectivity index is 0.000000676. The Morgan fingerprint density at radius 2 is 1.68 bits per heavy atom. The predicted octanol–water partition coefficient (Wildman–Crippen LogP) is 4.45. The monoisotopic (exact) mass is 620 g/mol. The first-order chi connectivity index (χ1) is 20.9. The summed E-state index contributed by atoms with van der Waals surface area (Å²) in [6.07, 6.45) is 3.25. The quantitative estimate of drug-likeness (QED) is 0.239. The minimum Gasteiger partial charge on any atom is -0.493 e. The molecule has 2 aliphatic carbocycles. The van der Waals surface area contributed by atoms with E-state index >= 15 is 0 Å². The number of nitrogens with two attached hydrogens (primary N) is 1. The van der Waals surface area contributed by atoms with E-state index in [0.717, 1.165) is 31.2 Å². The normalized spacial score (nSPS) is 17.4. The Morgan fingerprint density at radius 3 is 2.32 bits per heavy atom. The number of carbonyl (C=O) groups excluding carboxylic acids is 2. The largest absolute Gasteiger partial charge is 0.493 e. The van der Waals surface area contributed by atoms with Crippen molar-refractivity contribution in [3.63, 3.8) is 0 Å². The average molecular weight is 621 g/mol. The Kier molecular flexibility index (Phi) is 12.4. The number of fused-ring (bicyclic) bond motifs is 1. The first-order valence-corrected chi connectivity index (χ1v) is 14.4. The molecule has 0 unspecified atom stereocenters. The zero-order chi connectivity index (χ0) is 32.3. The number of aliphatic carboxylic acids is 1. The molecule has 13 heteroatoms. The number of nitrogens with zero attached hydrogens (tertiary/aromatic N) is 1. The lowest BCUT2D eigenvalue weighted by Gasteiger charge is -2.25. The Labute approximate surface area is 254 Å². The van der Waals surface area contributed by atoms with E-state index in [1.54, 1.807) is 32.4 Å². The molecule has 0 bridgehead atoms. The lowest BCUT2D eigenvalue weighted by molar-refractivity contribution is -0.192. The van der Waals surface area contributed by atoms with Crippen LogP contribution in [0, 0.1) is 5.92 Å². The third-order valence-corrected chi connectivity index (χ3v) is 7.65. The number of benzene rings is 2. The summed E-state index contributed by atoms with van der Waals surface area (Å²) in [5.74, 6) is -1.67. The van der Waals surface area contributed by atoms with E-state index in [2.05, 4.69) is 27.8 Å². The van der Waals surface area contributed by atoms with Crippen LogP contribution in [-0.4, -0.2) is 55.3 Å². The maximum atomic E-state index is 13.4. The summed E-state index contributed by atoms with van der Waals surface area (Å²) in [4.78, 5) is 39.5. The van der Waals surface area contributed by atoms with Gasteiger partial charge in [-0.25, -0.2) is 9.79 Å². The van der Waals surface area contributed by atoms with Gasteiger partial charge in [0.25, 0.3) is 0 Å². The van der Waals surface area contributed by atoms with Crippen molar-refractivity contribution in [3.8, 4) is 11.5 Å². The average Bonchev–Trinajstić information content (AvgIpc) is 3.39. The summed E-state index contributed by atoms with van der Waals surface area (Å²) in [5.41, 5.74) is 9.35. The number of carbonyl (C=O) groups is 3. The van der Waals surface area contributed by atoms with Gasteiger partial charge in [-0.1, -0.05) is 62.4 Å². The number of aliphatic imine (C=N–C) groups is 1. The van der Waals surface area contributed by atoms with Crippen LogP contribution in [-0.2, 0) is 27.2 Å². The van der Waals surface area contributed by atoms with Gasteiger partial charge in [0.15, 0.2) is 17.5 Å². The summed E-state index contributed by atoms with van der Waals surface area (Å²) in [5, 5.41) is 13.0. The molecule has 240 valence electrons. The van der Waals surface area contributed by atoms with Crippen LogP contribution in [0.1, 0.15) is 67.7 Å². The lowest BCUT2D eigenvalue weighted by atomic mass is 9.84. The van der Waals surface area contributed by atoms with E-state index in [9.17, 15) is 22.8 Å². The van der Waals surface area contributed by atoms with Gasteiger partial charge in [-0.2, -0.15) is 13.2 Å². The molecule has 5 N–H and O–H groups in total. The van der Waals surface area contributed by atoms with E-state index in [1.165, 1.54) is 30.4 Å². The smallest absolute Gasteiger partial charge is 0.490 e. The second-order valence-corrected chi connectivity index (χ2v) is 10.8. The lowest BCUT2D eigenvalue weighted by Crippen LogP contribution is -2.42. The van der Waals surface area contributed by atoms with Gasteiger partial charge in [-0.15, -0.1) is 0 Å². The molecule has 0 saturated heterocycles. The molecule has 0 radical (unpaired) electrons. The van der Waals surface area contributed by atoms with E-state index in [4.69, 9.17) is 25.1 Å². The number of alkyl halides is 3. The summed E-state index contributed by atoms with van der Waals surface area (Å²) >= 11 is 0. The second kappa shape index (κ2) is 16.0. The second-order valence-electron chi connectivity index (χ2n) is 10.8. The molecule has 0 spiro atoms. The molecule has 2 aliphatic rings. The zero-order valence-corrected chi connectivity index (χ0v) is 24.8. The molecule has 0 aromatic heterocycles. The first-order valence-electron chi connectivity index (χ1n) is 14.4. The van der Waals surface area contributed by atoms with Crippen LogP contribution < -0.4 is 25.8 Å². The number of rotatable bonds is 9. The SMILES string of the molecule is COc1ccc(CC(=O)NC(N)=N[C@H](CC2CCCCC2)C(=O)N[C@H]2CCc3ccccc32)cc1OC.O=C(O)C(F)(F)F. The number of aryl methyl sites for hydroxylation is 1. The first kappa shape index (κ1) is 34.2. The molecule has 4 rings (SSSR count). The van der Waals surface area contributed by atoms with Gasteiger partial charge in [-0.3, -0.25) is 14.9 Å². The number of nitrogens with one attached hydrogen (secondary N) is 2. The molecular formula is C31H39F3N4O6. The molecule has 1 fully saturated rings. The van der Waals surface area contributed by atoms with Gasteiger partial charge in [-0.05, 0) is 54.0 Å². The number of hydrogen-bond donors (Lipinski definition) is 4. The van der Waals surface area contributed by atoms with Crippen molar-refractivity contribution < 1.29 is 42.1 Å². The van der Waals surface area contributed by atoms with Crippen molar-refractivity contribution in [3.05, 3.63) is 59.2 Å². The zero-order valence-electron chi connectivity index (χ0n) is 24.8. The molecule has 10 nitrogen and oxygen atoms in total. The fourth-order valence-corrected chi connectivity index (χ4v) is 5.50. The van der Waals surface area contributed by atoms with Crippen LogP contribution in [0.15, 0.2) is 47.5 Å². The van der Waals surface area contributed by atoms with Gasteiger partial charge < -0.3 is 25.6 Å². The molecule has 0 aliphatic heterocycles. The number of amides is 2. The minimum absolute atomic E-state index is 0.0198. The number of carboxylic acid groups (broad SMARTS) is 1. The van der Waals surface area contributed by atoms with Crippen molar-refractivity contribution >= 4 is 23.7 Å². The highest BCUT2D eigenvalue weighted by atomic mass is 19.4. The summed E-state index contributed by atoms with van der Waals surface area (Å²) in [6, 6.07) is 12.9. The van der Waals surface area contributed by atoms with E-state index in [1.807, 2.05) is 12.1 Å². The Bertz CT molecular complexity index is 1330. The summed E-state index contributed by atoms with van der Waals surface area (Å²) in [7, 11) is 3.11. The van der Waals surface area contributed by atoms with Crippen LogP contribution >= 0.6 is 0 Å². The van der Waals surface area contributed by atoms with Gasteiger partial charge in [0.2, 0.25) is 11.8 Å². The number of hydrogen-bond acceptors (Lipinski definition) is 6. The third-order valence-electron chi connectivity index (χ3n) is 7.65.